The van der Waals surface area contributed by atoms with E-state index in [1.807, 2.05) is 0 Å². The molecule has 0 bridgehead atoms. The third-order valence-corrected chi connectivity index (χ3v) is 1.61. The summed E-state index contributed by atoms with van der Waals surface area (Å²) in [6.07, 6.45) is 3.20. The number of ether oxygens (including phenoxy) is 3. The largest absolute Gasteiger partial charge is 0.458 e. The van der Waals surface area contributed by atoms with Gasteiger partial charge in [0, 0.05) is 18.2 Å². The standard InChI is InChI=1S/C12H14O6.C3H8/c1-4-10(13)16-7-9(18-12(15)6-3)8-17-11(14)5-2;1-3-2/h4-6,9H,1-3,7-8H2;3H2,1-2H3. The van der Waals surface area contributed by atoms with Gasteiger partial charge in [-0.3, -0.25) is 0 Å². The highest BCUT2D eigenvalue weighted by Crippen LogP contribution is 1.98. The molecule has 0 aromatic rings. The Balaban J connectivity index is 0. The fraction of sp³-hybridized carbons (Fsp3) is 0.400. The van der Waals surface area contributed by atoms with Crippen LogP contribution < -0.4 is 0 Å². The van der Waals surface area contributed by atoms with E-state index in [2.05, 4.69) is 43.1 Å². The molecule has 0 amide bonds. The minimum absolute atomic E-state index is 0.255. The number of carbonyl (C=O) groups excluding carboxylic acids is 3. The van der Waals surface area contributed by atoms with Gasteiger partial charge in [-0.05, 0) is 0 Å². The third-order valence-electron chi connectivity index (χ3n) is 1.61. The fourth-order valence-electron chi connectivity index (χ4n) is 0.797. The number of rotatable bonds is 8. The van der Waals surface area contributed by atoms with Gasteiger partial charge >= 0.3 is 17.9 Å². The summed E-state index contributed by atoms with van der Waals surface area (Å²) >= 11 is 0. The molecule has 0 N–H and O–H groups in total. The molecule has 0 atom stereocenters. The van der Waals surface area contributed by atoms with E-state index in [0.29, 0.717) is 0 Å². The van der Waals surface area contributed by atoms with Gasteiger partial charge in [0.05, 0.1) is 0 Å². The van der Waals surface area contributed by atoms with Gasteiger partial charge < -0.3 is 14.2 Å². The lowest BCUT2D eigenvalue weighted by molar-refractivity contribution is -0.160. The zero-order chi connectivity index (χ0) is 16.7. The topological polar surface area (TPSA) is 78.9 Å². The second kappa shape index (κ2) is 14.0. The van der Waals surface area contributed by atoms with E-state index in [9.17, 15) is 14.4 Å². The molecule has 0 radical (unpaired) electrons. The third kappa shape index (κ3) is 13.9. The van der Waals surface area contributed by atoms with Gasteiger partial charge in [-0.15, -0.1) is 0 Å². The number of hydrogen-bond donors (Lipinski definition) is 0. The minimum atomic E-state index is -0.914. The van der Waals surface area contributed by atoms with Crippen LogP contribution in [0, 0.1) is 0 Å². The molecule has 0 saturated heterocycles. The summed E-state index contributed by atoms with van der Waals surface area (Å²) in [6.45, 7) is 13.4. The second-order valence-corrected chi connectivity index (χ2v) is 3.64. The first kappa shape index (κ1) is 20.9. The predicted octanol–water partition coefficient (Wildman–Crippen LogP) is 1.96. The van der Waals surface area contributed by atoms with Crippen LogP contribution in [0.25, 0.3) is 0 Å². The van der Waals surface area contributed by atoms with Crippen molar-refractivity contribution in [3.8, 4) is 0 Å². The van der Waals surface area contributed by atoms with Crippen LogP contribution in [-0.4, -0.2) is 37.2 Å². The maximum atomic E-state index is 11.0. The van der Waals surface area contributed by atoms with Crippen LogP contribution in [0.2, 0.25) is 0 Å². The average molecular weight is 298 g/mol. The summed E-state index contributed by atoms with van der Waals surface area (Å²) < 4.78 is 14.2. The Kier molecular flexibility index (Phi) is 14.0. The zero-order valence-electron chi connectivity index (χ0n) is 12.5. The van der Waals surface area contributed by atoms with Gasteiger partial charge in [-0.25, -0.2) is 14.4 Å². The molecule has 21 heavy (non-hydrogen) atoms. The van der Waals surface area contributed by atoms with Crippen molar-refractivity contribution in [1.29, 1.82) is 0 Å². The van der Waals surface area contributed by atoms with Crippen LogP contribution in [0.1, 0.15) is 20.3 Å². The van der Waals surface area contributed by atoms with Crippen LogP contribution in [-0.2, 0) is 28.6 Å². The van der Waals surface area contributed by atoms with Crippen LogP contribution in [0.5, 0.6) is 0 Å². The molecule has 0 aliphatic rings. The molecule has 0 heterocycles. The molecule has 0 spiro atoms. The highest BCUT2D eigenvalue weighted by atomic mass is 16.6. The quantitative estimate of drug-likeness (QED) is 0.387. The minimum Gasteiger partial charge on any atom is -0.458 e. The number of carbonyl (C=O) groups is 3. The lowest BCUT2D eigenvalue weighted by Gasteiger charge is -2.16. The van der Waals surface area contributed by atoms with E-state index < -0.39 is 24.0 Å². The van der Waals surface area contributed by atoms with Gasteiger partial charge in [0.2, 0.25) is 0 Å². The lowest BCUT2D eigenvalue weighted by atomic mass is 10.4. The van der Waals surface area contributed by atoms with Gasteiger partial charge in [-0.2, -0.15) is 0 Å². The van der Waals surface area contributed by atoms with Crippen molar-refractivity contribution >= 4 is 17.9 Å². The molecule has 0 rings (SSSR count). The van der Waals surface area contributed by atoms with Crippen molar-refractivity contribution in [2.75, 3.05) is 13.2 Å². The zero-order valence-corrected chi connectivity index (χ0v) is 12.5. The van der Waals surface area contributed by atoms with Crippen LogP contribution in [0.4, 0.5) is 0 Å². The van der Waals surface area contributed by atoms with Crippen LogP contribution >= 0.6 is 0 Å². The molecule has 118 valence electrons. The normalized spacial score (nSPS) is 8.71. The highest BCUT2D eigenvalue weighted by molar-refractivity contribution is 5.82. The van der Waals surface area contributed by atoms with E-state index >= 15 is 0 Å². The molecule has 0 aliphatic carbocycles. The van der Waals surface area contributed by atoms with E-state index in [1.165, 1.54) is 6.42 Å². The second-order valence-electron chi connectivity index (χ2n) is 3.64. The van der Waals surface area contributed by atoms with Crippen LogP contribution in [0.3, 0.4) is 0 Å². The van der Waals surface area contributed by atoms with Crippen molar-refractivity contribution < 1.29 is 28.6 Å². The van der Waals surface area contributed by atoms with Crippen LogP contribution in [0.15, 0.2) is 38.0 Å². The molecule has 0 fully saturated rings. The fourth-order valence-corrected chi connectivity index (χ4v) is 0.797. The van der Waals surface area contributed by atoms with Gasteiger partial charge in [0.1, 0.15) is 13.2 Å². The molecule has 0 unspecified atom stereocenters. The van der Waals surface area contributed by atoms with Gasteiger partial charge in [0.15, 0.2) is 6.10 Å². The molecular weight excluding hydrogens is 276 g/mol. The maximum Gasteiger partial charge on any atom is 0.330 e. The molecule has 0 aromatic heterocycles. The summed E-state index contributed by atoms with van der Waals surface area (Å²) in [5.74, 6) is -2.07. The Bertz CT molecular complexity index is 348. The molecule has 0 aromatic carbocycles. The Morgan fingerprint density at radius 2 is 1.19 bits per heavy atom. The van der Waals surface area contributed by atoms with Gasteiger partial charge in [0.25, 0.3) is 0 Å². The highest BCUT2D eigenvalue weighted by Gasteiger charge is 2.16. The molecule has 0 saturated carbocycles. The summed E-state index contributed by atoms with van der Waals surface area (Å²) in [6, 6.07) is 0. The van der Waals surface area contributed by atoms with Crippen molar-refractivity contribution in [1.82, 2.24) is 0 Å². The lowest BCUT2D eigenvalue weighted by Crippen LogP contribution is -2.29. The summed E-state index contributed by atoms with van der Waals surface area (Å²) in [7, 11) is 0. The average Bonchev–Trinajstić information content (AvgIpc) is 2.49. The van der Waals surface area contributed by atoms with E-state index in [1.54, 1.807) is 0 Å². The number of esters is 3. The first-order valence-corrected chi connectivity index (χ1v) is 6.36. The molecule has 6 heteroatoms. The van der Waals surface area contributed by atoms with E-state index in [4.69, 9.17) is 4.74 Å². The summed E-state index contributed by atoms with van der Waals surface area (Å²) in [5, 5.41) is 0. The monoisotopic (exact) mass is 298 g/mol. The maximum absolute atomic E-state index is 11.0. The van der Waals surface area contributed by atoms with Gasteiger partial charge in [-0.1, -0.05) is 40.0 Å². The first-order valence-electron chi connectivity index (χ1n) is 6.36. The smallest absolute Gasteiger partial charge is 0.330 e. The molecule has 0 aliphatic heterocycles. The van der Waals surface area contributed by atoms with Crippen molar-refractivity contribution in [3.63, 3.8) is 0 Å². The Morgan fingerprint density at radius 3 is 1.48 bits per heavy atom. The molecular formula is C15H22O6. The summed E-state index contributed by atoms with van der Waals surface area (Å²) in [4.78, 5) is 32.7. The van der Waals surface area contributed by atoms with Crippen molar-refractivity contribution in [2.24, 2.45) is 0 Å². The Morgan fingerprint density at radius 1 is 0.857 bits per heavy atom. The molecule has 6 nitrogen and oxygen atoms in total. The Hall–Kier alpha value is -2.37. The summed E-state index contributed by atoms with van der Waals surface area (Å²) in [5.41, 5.74) is 0. The van der Waals surface area contributed by atoms with Crippen molar-refractivity contribution in [3.05, 3.63) is 38.0 Å². The first-order chi connectivity index (χ1) is 9.94. The number of hydrogen-bond acceptors (Lipinski definition) is 6. The van der Waals surface area contributed by atoms with Crippen molar-refractivity contribution in [2.45, 2.75) is 26.4 Å². The predicted molar refractivity (Wildman–Crippen MR) is 78.4 cm³/mol. The van der Waals surface area contributed by atoms with E-state index in [-0.39, 0.29) is 13.2 Å². The van der Waals surface area contributed by atoms with E-state index in [0.717, 1.165) is 18.2 Å². The Labute approximate surface area is 125 Å². The SMILES string of the molecule is C=CC(=O)OCC(COC(=O)C=C)OC(=O)C=C.CCC.